The van der Waals surface area contributed by atoms with Crippen LogP contribution < -0.4 is 11.1 Å². The number of nitrogens with zero attached hydrogens (tertiary/aromatic N) is 1. The molecule has 0 radical (unpaired) electrons. The number of nitrogen functional groups attached to an aromatic ring is 1. The molecule has 1 aromatic carbocycles. The van der Waals surface area contributed by atoms with E-state index in [-0.39, 0.29) is 0 Å². The molecule has 94 valence electrons. The third-order valence-corrected chi connectivity index (χ3v) is 3.14. The van der Waals surface area contributed by atoms with Crippen molar-refractivity contribution in [1.29, 1.82) is 0 Å². The van der Waals surface area contributed by atoms with Gasteiger partial charge in [0.2, 0.25) is 0 Å². The van der Waals surface area contributed by atoms with E-state index in [0.29, 0.717) is 16.5 Å². The highest BCUT2D eigenvalue weighted by Gasteiger charge is 2.04. The summed E-state index contributed by atoms with van der Waals surface area (Å²) in [5.41, 5.74) is 9.76. The van der Waals surface area contributed by atoms with Crippen molar-refractivity contribution in [2.45, 2.75) is 20.3 Å². The van der Waals surface area contributed by atoms with Crippen molar-refractivity contribution in [3.8, 4) is 0 Å². The minimum Gasteiger partial charge on any atom is -0.397 e. The van der Waals surface area contributed by atoms with E-state index in [2.05, 4.69) is 36.3 Å². The van der Waals surface area contributed by atoms with Gasteiger partial charge in [-0.3, -0.25) is 0 Å². The number of hydrogen-bond acceptors (Lipinski definition) is 3. The average molecular weight is 262 g/mol. The number of rotatable bonds is 3. The Hall–Kier alpha value is -1.74. The van der Waals surface area contributed by atoms with Crippen LogP contribution in [0.3, 0.4) is 0 Å². The molecule has 2 rings (SSSR count). The molecule has 18 heavy (non-hydrogen) atoms. The number of aromatic nitrogens is 1. The predicted molar refractivity (Wildman–Crippen MR) is 77.5 cm³/mol. The third-order valence-electron chi connectivity index (χ3n) is 2.86. The van der Waals surface area contributed by atoms with Crippen LogP contribution in [-0.4, -0.2) is 4.98 Å². The Bertz CT molecular complexity index is 567. The highest BCUT2D eigenvalue weighted by molar-refractivity contribution is 6.33. The molecule has 3 N–H and O–H groups in total. The summed E-state index contributed by atoms with van der Waals surface area (Å²) in [4.78, 5) is 4.18. The molecule has 0 aliphatic rings. The van der Waals surface area contributed by atoms with E-state index < -0.39 is 0 Å². The lowest BCUT2D eigenvalue weighted by atomic mass is 10.1. The Labute approximate surface area is 112 Å². The van der Waals surface area contributed by atoms with Gasteiger partial charge in [0.05, 0.1) is 16.9 Å². The summed E-state index contributed by atoms with van der Waals surface area (Å²) in [6.45, 7) is 4.25. The summed E-state index contributed by atoms with van der Waals surface area (Å²) in [6, 6.07) is 7.91. The second-order valence-electron chi connectivity index (χ2n) is 4.22. The van der Waals surface area contributed by atoms with E-state index in [1.807, 2.05) is 6.07 Å². The van der Waals surface area contributed by atoms with Crippen LogP contribution in [0.15, 0.2) is 30.5 Å². The molecule has 0 unspecified atom stereocenters. The Morgan fingerprint density at radius 3 is 2.78 bits per heavy atom. The zero-order chi connectivity index (χ0) is 13.1. The minimum absolute atomic E-state index is 0.522. The van der Waals surface area contributed by atoms with E-state index >= 15 is 0 Å². The first-order valence-electron chi connectivity index (χ1n) is 5.87. The zero-order valence-corrected chi connectivity index (χ0v) is 11.3. The van der Waals surface area contributed by atoms with Crippen molar-refractivity contribution in [3.05, 3.63) is 46.6 Å². The topological polar surface area (TPSA) is 50.9 Å². The van der Waals surface area contributed by atoms with Gasteiger partial charge in [0, 0.05) is 5.69 Å². The number of anilines is 3. The first-order chi connectivity index (χ1) is 8.60. The number of halogens is 1. The van der Waals surface area contributed by atoms with E-state index in [4.69, 9.17) is 17.3 Å². The highest BCUT2D eigenvalue weighted by atomic mass is 35.5. The first-order valence-corrected chi connectivity index (χ1v) is 6.25. The Kier molecular flexibility index (Phi) is 3.72. The molecular weight excluding hydrogens is 246 g/mol. The molecule has 2 aromatic rings. The van der Waals surface area contributed by atoms with E-state index in [1.54, 1.807) is 12.3 Å². The largest absolute Gasteiger partial charge is 0.397 e. The van der Waals surface area contributed by atoms with Crippen LogP contribution in [0.1, 0.15) is 18.1 Å². The maximum Gasteiger partial charge on any atom is 0.149 e. The Balaban J connectivity index is 2.28. The van der Waals surface area contributed by atoms with Gasteiger partial charge in [0.25, 0.3) is 0 Å². The lowest BCUT2D eigenvalue weighted by Gasteiger charge is -2.10. The van der Waals surface area contributed by atoms with Gasteiger partial charge in [-0.05, 0) is 42.7 Å². The second kappa shape index (κ2) is 5.27. The van der Waals surface area contributed by atoms with Crippen LogP contribution in [0.5, 0.6) is 0 Å². The van der Waals surface area contributed by atoms with Crippen molar-refractivity contribution in [3.63, 3.8) is 0 Å². The average Bonchev–Trinajstić information content (AvgIpc) is 2.35. The van der Waals surface area contributed by atoms with E-state index in [1.165, 1.54) is 11.1 Å². The summed E-state index contributed by atoms with van der Waals surface area (Å²) in [7, 11) is 0. The summed E-state index contributed by atoms with van der Waals surface area (Å²) in [5, 5.41) is 3.72. The summed E-state index contributed by atoms with van der Waals surface area (Å²) < 4.78 is 0. The quantitative estimate of drug-likeness (QED) is 0.880. The number of benzene rings is 1. The Morgan fingerprint density at radius 1 is 1.33 bits per heavy atom. The molecule has 0 bridgehead atoms. The number of pyridine rings is 1. The molecule has 0 aliphatic carbocycles. The molecule has 0 fully saturated rings. The molecule has 0 spiro atoms. The fourth-order valence-corrected chi connectivity index (χ4v) is 2.03. The van der Waals surface area contributed by atoms with Crippen LogP contribution in [0.2, 0.25) is 5.02 Å². The molecule has 0 atom stereocenters. The molecule has 0 aliphatic heterocycles. The predicted octanol–water partition coefficient (Wildman–Crippen LogP) is 3.93. The maximum atomic E-state index is 6.08. The molecule has 0 saturated heterocycles. The van der Waals surface area contributed by atoms with Crippen molar-refractivity contribution < 1.29 is 0 Å². The maximum absolute atomic E-state index is 6.08. The van der Waals surface area contributed by atoms with Crippen molar-refractivity contribution in [1.82, 2.24) is 4.98 Å². The molecule has 4 heteroatoms. The summed E-state index contributed by atoms with van der Waals surface area (Å²) >= 11 is 6.08. The van der Waals surface area contributed by atoms with Crippen molar-refractivity contribution in [2.75, 3.05) is 11.1 Å². The highest BCUT2D eigenvalue weighted by Crippen LogP contribution is 2.25. The van der Waals surface area contributed by atoms with Crippen molar-refractivity contribution in [2.24, 2.45) is 0 Å². The summed E-state index contributed by atoms with van der Waals surface area (Å²) in [6.07, 6.45) is 2.59. The normalized spacial score (nSPS) is 10.4. The van der Waals surface area contributed by atoms with Gasteiger partial charge in [-0.25, -0.2) is 4.98 Å². The lowest BCUT2D eigenvalue weighted by molar-refractivity contribution is 1.11. The zero-order valence-electron chi connectivity index (χ0n) is 10.5. The van der Waals surface area contributed by atoms with Crippen LogP contribution in [0, 0.1) is 6.92 Å². The molecular formula is C14H16ClN3. The van der Waals surface area contributed by atoms with Gasteiger partial charge in [0.1, 0.15) is 5.82 Å². The number of nitrogens with two attached hydrogens (primary N) is 1. The van der Waals surface area contributed by atoms with E-state index in [9.17, 15) is 0 Å². The van der Waals surface area contributed by atoms with E-state index in [0.717, 1.165) is 12.1 Å². The lowest BCUT2D eigenvalue weighted by Crippen LogP contribution is -1.97. The Morgan fingerprint density at radius 2 is 2.11 bits per heavy atom. The van der Waals surface area contributed by atoms with Crippen LogP contribution >= 0.6 is 11.6 Å². The van der Waals surface area contributed by atoms with Gasteiger partial charge in [-0.2, -0.15) is 0 Å². The van der Waals surface area contributed by atoms with Crippen molar-refractivity contribution >= 4 is 28.8 Å². The summed E-state index contributed by atoms with van der Waals surface area (Å²) in [5.74, 6) is 0.622. The first kappa shape index (κ1) is 12.7. The minimum atomic E-state index is 0.522. The number of nitrogens with one attached hydrogen (secondary N) is 1. The number of aryl methyl sites for hydroxylation is 2. The molecule has 0 saturated carbocycles. The molecule has 1 aromatic heterocycles. The smallest absolute Gasteiger partial charge is 0.149 e. The number of hydrogen-bond donors (Lipinski definition) is 2. The van der Waals surface area contributed by atoms with Gasteiger partial charge in [-0.1, -0.05) is 24.6 Å². The molecule has 1 heterocycles. The standard InChI is InChI=1S/C14H16ClN3/c1-3-10-6-12(5-4-9(10)2)18-14-13(15)7-11(16)8-17-14/h4-8H,3,16H2,1-2H3,(H,17,18). The van der Waals surface area contributed by atoms with Gasteiger partial charge >= 0.3 is 0 Å². The SMILES string of the molecule is CCc1cc(Nc2ncc(N)cc2Cl)ccc1C. The molecule has 3 nitrogen and oxygen atoms in total. The monoisotopic (exact) mass is 261 g/mol. The fourth-order valence-electron chi connectivity index (χ4n) is 1.81. The van der Waals surface area contributed by atoms with Gasteiger partial charge in [-0.15, -0.1) is 0 Å². The van der Waals surface area contributed by atoms with Crippen LogP contribution in [0.4, 0.5) is 17.2 Å². The third kappa shape index (κ3) is 2.74. The molecule has 0 amide bonds. The second-order valence-corrected chi connectivity index (χ2v) is 4.63. The van der Waals surface area contributed by atoms with Crippen LogP contribution in [0.25, 0.3) is 0 Å². The van der Waals surface area contributed by atoms with Crippen LogP contribution in [-0.2, 0) is 6.42 Å². The van der Waals surface area contributed by atoms with Gasteiger partial charge < -0.3 is 11.1 Å². The fraction of sp³-hybridized carbons (Fsp3) is 0.214. The van der Waals surface area contributed by atoms with Gasteiger partial charge in [0.15, 0.2) is 0 Å².